The molecule has 0 radical (unpaired) electrons. The summed E-state index contributed by atoms with van der Waals surface area (Å²) < 4.78 is 11.0. The second kappa shape index (κ2) is 23.3. The van der Waals surface area contributed by atoms with Crippen molar-refractivity contribution in [2.45, 2.75) is 159 Å². The van der Waals surface area contributed by atoms with E-state index in [-0.39, 0.29) is 71.4 Å². The van der Waals surface area contributed by atoms with Gasteiger partial charge in [-0.1, -0.05) is 133 Å². The van der Waals surface area contributed by atoms with E-state index < -0.39 is 17.9 Å². The number of allylic oxidation sites excluding steroid dienone is 4. The van der Waals surface area contributed by atoms with Crippen LogP contribution in [0, 0.1) is 55.3 Å². The SMILES string of the molecule is CC[C@@H]1C(C)=C2/C=c3\[n-]/c(c(C)c3C(C)=O)=C\C3[N-]/C(=C4\c5[n-]c(c(C)c5C(=O)[C@@H]4C(=O)OC)/C=C\1[N-]2)[C@@H](CCC(=O)OC/C=C(\C)CCC[C@H](C)CCC[C@H](C)CCCC(C)C)[C@@H]3C.[Mg+2]. The molecule has 1 unspecified atom stereocenters. The number of aromatic nitrogens is 2. The number of hydrogen-bond donors (Lipinski definition) is 0. The fraction of sp³-hybridized carbons (Fsp3) is 0.600. The van der Waals surface area contributed by atoms with Gasteiger partial charge in [0.2, 0.25) is 0 Å². The molecule has 1 aliphatic carbocycles. The average molecular weight is 912 g/mol. The minimum Gasteiger partial charge on any atom is -0.681 e. The molecule has 5 heterocycles. The van der Waals surface area contributed by atoms with E-state index in [1.807, 2.05) is 38.2 Å². The van der Waals surface area contributed by atoms with E-state index >= 15 is 0 Å². The van der Waals surface area contributed by atoms with Crippen LogP contribution in [0.2, 0.25) is 0 Å². The summed E-state index contributed by atoms with van der Waals surface area (Å²) in [6.07, 6.45) is 20.4. The molecule has 8 bridgehead atoms. The van der Waals surface area contributed by atoms with Gasteiger partial charge in [-0.2, -0.15) is 11.4 Å². The summed E-state index contributed by atoms with van der Waals surface area (Å²) in [6.45, 7) is 23.3. The van der Waals surface area contributed by atoms with E-state index in [2.05, 4.69) is 55.4 Å². The molecular weight excluding hydrogens is 837 g/mol. The van der Waals surface area contributed by atoms with Crippen LogP contribution in [-0.2, 0) is 19.1 Å². The zero-order chi connectivity index (χ0) is 47.3. The molecule has 354 valence electrons. The third kappa shape index (κ3) is 11.8. The van der Waals surface area contributed by atoms with E-state index in [0.29, 0.717) is 62.4 Å². The van der Waals surface area contributed by atoms with Crippen molar-refractivity contribution < 1.29 is 28.7 Å². The Morgan fingerprint density at radius 1 is 0.864 bits per heavy atom. The summed E-state index contributed by atoms with van der Waals surface area (Å²) >= 11 is 0. The van der Waals surface area contributed by atoms with Crippen molar-refractivity contribution in [1.29, 1.82) is 0 Å². The minimum absolute atomic E-state index is 0. The number of methoxy groups -OCH3 is 1. The molecule has 10 nitrogen and oxygen atoms in total. The van der Waals surface area contributed by atoms with Crippen LogP contribution in [0.15, 0.2) is 34.3 Å². The fourth-order valence-electron chi connectivity index (χ4n) is 10.6. The Labute approximate surface area is 410 Å². The van der Waals surface area contributed by atoms with E-state index in [1.165, 1.54) is 57.6 Å². The monoisotopic (exact) mass is 911 g/mol. The molecule has 66 heavy (non-hydrogen) atoms. The first kappa shape index (κ1) is 52.9. The predicted octanol–water partition coefficient (Wildman–Crippen LogP) is 10.8. The van der Waals surface area contributed by atoms with Crippen molar-refractivity contribution in [3.05, 3.63) is 89.3 Å². The van der Waals surface area contributed by atoms with Crippen molar-refractivity contribution in [1.82, 2.24) is 9.97 Å². The molecule has 1 fully saturated rings. The third-order valence-electron chi connectivity index (χ3n) is 14.7. The summed E-state index contributed by atoms with van der Waals surface area (Å²) in [5.41, 5.74) is 8.26. The number of ether oxygens (including phenoxy) is 2. The third-order valence-corrected chi connectivity index (χ3v) is 14.7. The van der Waals surface area contributed by atoms with Crippen LogP contribution in [0.25, 0.3) is 34.4 Å². The van der Waals surface area contributed by atoms with E-state index in [9.17, 15) is 19.2 Å². The van der Waals surface area contributed by atoms with Crippen LogP contribution in [0.4, 0.5) is 0 Å². The van der Waals surface area contributed by atoms with Gasteiger partial charge in [0.25, 0.3) is 0 Å². The number of hydrogen-bond acceptors (Lipinski definition) is 6. The zero-order valence-electron chi connectivity index (χ0n) is 42.1. The first-order valence-corrected chi connectivity index (χ1v) is 24.5. The molecular formula is C55H74MgN4O6-2. The number of Topliss-reactive ketones (excluding diaryl/α,β-unsaturated/α-hetero) is 2. The number of ketones is 2. The van der Waals surface area contributed by atoms with Gasteiger partial charge in [0, 0.05) is 17.5 Å². The van der Waals surface area contributed by atoms with Crippen molar-refractivity contribution in [3.63, 3.8) is 0 Å². The van der Waals surface area contributed by atoms with E-state index in [0.717, 1.165) is 53.6 Å². The average Bonchev–Trinajstić information content (AvgIpc) is 4.00. The van der Waals surface area contributed by atoms with E-state index in [4.69, 9.17) is 30.1 Å². The number of carbonyl (C=O) groups excluding carboxylic acids is 4. The van der Waals surface area contributed by atoms with Gasteiger partial charge < -0.3 is 30.1 Å². The quantitative estimate of drug-likeness (QED) is 0.0420. The summed E-state index contributed by atoms with van der Waals surface area (Å²) in [5, 5.41) is 11.5. The Morgan fingerprint density at radius 2 is 1.53 bits per heavy atom. The Morgan fingerprint density at radius 3 is 2.17 bits per heavy atom. The Hall–Kier alpha value is -4.09. The normalized spacial score (nSPS) is 24.9. The molecule has 1 saturated heterocycles. The van der Waals surface area contributed by atoms with Gasteiger partial charge in [-0.15, -0.1) is 33.9 Å². The van der Waals surface area contributed by atoms with Crippen molar-refractivity contribution in [2.75, 3.05) is 13.7 Å². The molecule has 2 aromatic heterocycles. The number of nitrogens with zero attached hydrogens (tertiary/aromatic N) is 4. The van der Waals surface area contributed by atoms with Crippen LogP contribution in [0.3, 0.4) is 0 Å². The smallest absolute Gasteiger partial charge is 0.681 e. The van der Waals surface area contributed by atoms with Crippen molar-refractivity contribution in [2.24, 2.45) is 41.4 Å². The standard InChI is InChI=1S/C55H75N4O6.Mg/c1-13-39-34(7)41-29-46-48(38(11)60)36(9)43(57-46)27-42-35(8)40(52(58-42)50-51(55(63)64-12)54(62)49-37(10)44(59-53(49)50)28-45(39)56-41)23-24-47(61)65-26-25-33(6)22-16-21-32(5)20-15-19-31(4)18-14-17-30(2)3;/h25,27-32,35,39-40,42,51H,13-24,26H2,1-12H3,(H-,58,59,62);/q-3;+2/p-1/b33-25+,43-27-,45-28+,46-29-;/t31-,32-,35+,39-,40+,42?,51-;/m1./s1. The Kier molecular flexibility index (Phi) is 18.6. The number of rotatable bonds is 20. The fourth-order valence-corrected chi connectivity index (χ4v) is 10.6. The first-order valence-electron chi connectivity index (χ1n) is 24.5. The van der Waals surface area contributed by atoms with Crippen LogP contribution in [-0.4, -0.2) is 66.3 Å². The molecule has 0 amide bonds. The van der Waals surface area contributed by atoms with Crippen LogP contribution in [0.5, 0.6) is 0 Å². The van der Waals surface area contributed by atoms with Crippen LogP contribution < -0.4 is 20.7 Å². The molecule has 3 aliphatic heterocycles. The number of carbonyl (C=O) groups is 4. The maximum absolute atomic E-state index is 14.4. The number of fused-ring (bicyclic) bond motifs is 7. The molecule has 6 rings (SSSR count). The van der Waals surface area contributed by atoms with E-state index in [1.54, 1.807) is 6.92 Å². The molecule has 2 aromatic rings. The van der Waals surface area contributed by atoms with Gasteiger partial charge in [0.15, 0.2) is 11.6 Å². The van der Waals surface area contributed by atoms with Gasteiger partial charge in [-0.3, -0.25) is 19.2 Å². The van der Waals surface area contributed by atoms with Gasteiger partial charge >= 0.3 is 35.0 Å². The van der Waals surface area contributed by atoms with Gasteiger partial charge in [-0.05, 0) is 102 Å². The topological polar surface area (TPSA) is 143 Å². The molecule has 0 aromatic carbocycles. The van der Waals surface area contributed by atoms with Gasteiger partial charge in [0.1, 0.15) is 12.5 Å². The Balaban J connectivity index is 0.00000817. The van der Waals surface area contributed by atoms with Gasteiger partial charge in [0.05, 0.1) is 7.11 Å². The molecule has 0 saturated carbocycles. The predicted molar refractivity (Wildman–Crippen MR) is 266 cm³/mol. The second-order valence-corrected chi connectivity index (χ2v) is 20.1. The molecule has 0 spiro atoms. The molecule has 0 N–H and O–H groups in total. The van der Waals surface area contributed by atoms with Crippen LogP contribution >= 0.6 is 0 Å². The van der Waals surface area contributed by atoms with Crippen molar-refractivity contribution >= 4 is 70.4 Å². The van der Waals surface area contributed by atoms with Crippen LogP contribution in [0.1, 0.15) is 183 Å². The number of esters is 2. The summed E-state index contributed by atoms with van der Waals surface area (Å²) in [5.74, 6) is -0.863. The maximum Gasteiger partial charge on any atom is 2.00 e. The molecule has 4 aliphatic rings. The zero-order valence-corrected chi connectivity index (χ0v) is 43.5. The minimum atomic E-state index is -1.24. The summed E-state index contributed by atoms with van der Waals surface area (Å²) in [7, 11) is 1.29. The summed E-state index contributed by atoms with van der Waals surface area (Å²) in [6, 6.07) is -0.440. The first-order chi connectivity index (χ1) is 30.9. The summed E-state index contributed by atoms with van der Waals surface area (Å²) in [4.78, 5) is 64.7. The Bertz CT molecular complexity index is 2390. The largest absolute Gasteiger partial charge is 2.00 e. The van der Waals surface area contributed by atoms with Crippen molar-refractivity contribution in [3.8, 4) is 0 Å². The molecule has 11 heteroatoms. The van der Waals surface area contributed by atoms with Gasteiger partial charge in [-0.25, -0.2) is 0 Å². The molecule has 7 atom stereocenters. The second-order valence-electron chi connectivity index (χ2n) is 20.1. The maximum atomic E-state index is 14.4.